The number of sulfonamides is 1. The number of fused-ring (bicyclic) bond motifs is 1. The molecule has 0 saturated carbocycles. The molecule has 1 aliphatic heterocycles. The summed E-state index contributed by atoms with van der Waals surface area (Å²) in [4.78, 5) is 15.1. The smallest absolute Gasteiger partial charge is 0.258 e. The molecule has 2 aromatic rings. The Labute approximate surface area is 148 Å². The molecule has 3 rings (SSSR count). The molecule has 1 amide bonds. The lowest BCUT2D eigenvalue weighted by Gasteiger charge is -2.24. The van der Waals surface area contributed by atoms with Gasteiger partial charge in [0.1, 0.15) is 0 Å². The van der Waals surface area contributed by atoms with Crippen molar-refractivity contribution in [2.24, 2.45) is 0 Å². The second-order valence-electron chi connectivity index (χ2n) is 6.34. The summed E-state index contributed by atoms with van der Waals surface area (Å²) < 4.78 is 27.0. The number of para-hydroxylation sites is 1. The Hall–Kier alpha value is -2.18. The summed E-state index contributed by atoms with van der Waals surface area (Å²) in [6.45, 7) is 5.85. The number of carbonyl (C=O) groups is 1. The Morgan fingerprint density at radius 3 is 2.68 bits per heavy atom. The summed E-state index contributed by atoms with van der Waals surface area (Å²) in [7, 11) is -3.60. The molecule has 1 N–H and O–H groups in total. The Balaban J connectivity index is 2.04. The molecule has 0 spiro atoms. The molecule has 0 radical (unpaired) electrons. The fourth-order valence-corrected chi connectivity index (χ4v) is 4.34. The SMILES string of the molecule is CCNS(=O)(=O)c1ccc(C)c(C(=O)N2c3ccccc3CC2C)c1. The van der Waals surface area contributed by atoms with Crippen LogP contribution in [-0.2, 0) is 16.4 Å². The molecule has 5 nitrogen and oxygen atoms in total. The lowest BCUT2D eigenvalue weighted by Crippen LogP contribution is -2.36. The highest BCUT2D eigenvalue weighted by Gasteiger charge is 2.32. The molecule has 1 heterocycles. The van der Waals surface area contributed by atoms with E-state index in [4.69, 9.17) is 0 Å². The predicted molar refractivity (Wildman–Crippen MR) is 98.5 cm³/mol. The van der Waals surface area contributed by atoms with Crippen molar-refractivity contribution in [2.75, 3.05) is 11.4 Å². The van der Waals surface area contributed by atoms with Crippen molar-refractivity contribution in [3.63, 3.8) is 0 Å². The highest BCUT2D eigenvalue weighted by Crippen LogP contribution is 2.33. The van der Waals surface area contributed by atoms with E-state index in [-0.39, 0.29) is 16.8 Å². The van der Waals surface area contributed by atoms with Crippen LogP contribution in [0.15, 0.2) is 47.4 Å². The Morgan fingerprint density at radius 1 is 1.24 bits per heavy atom. The molecular formula is C19H22N2O3S. The second-order valence-corrected chi connectivity index (χ2v) is 8.10. The summed E-state index contributed by atoms with van der Waals surface area (Å²) in [5, 5.41) is 0. The van der Waals surface area contributed by atoms with Gasteiger partial charge in [-0.15, -0.1) is 0 Å². The number of nitrogens with one attached hydrogen (secondary N) is 1. The lowest BCUT2D eigenvalue weighted by atomic mass is 10.1. The molecular weight excluding hydrogens is 336 g/mol. The van der Waals surface area contributed by atoms with E-state index < -0.39 is 10.0 Å². The molecule has 2 aromatic carbocycles. The number of rotatable bonds is 4. The van der Waals surface area contributed by atoms with Crippen LogP contribution in [-0.4, -0.2) is 26.9 Å². The number of hydrogen-bond donors (Lipinski definition) is 1. The highest BCUT2D eigenvalue weighted by molar-refractivity contribution is 7.89. The number of nitrogens with zero attached hydrogens (tertiary/aromatic N) is 1. The van der Waals surface area contributed by atoms with E-state index in [9.17, 15) is 13.2 Å². The van der Waals surface area contributed by atoms with Crippen LogP contribution in [0.3, 0.4) is 0 Å². The Morgan fingerprint density at radius 2 is 1.96 bits per heavy atom. The van der Waals surface area contributed by atoms with Gasteiger partial charge in [0.05, 0.1) is 4.90 Å². The quantitative estimate of drug-likeness (QED) is 0.914. The van der Waals surface area contributed by atoms with Crippen LogP contribution >= 0.6 is 0 Å². The third-order valence-electron chi connectivity index (χ3n) is 4.51. The van der Waals surface area contributed by atoms with Crippen molar-refractivity contribution >= 4 is 21.6 Å². The summed E-state index contributed by atoms with van der Waals surface area (Å²) in [5.74, 6) is -0.163. The van der Waals surface area contributed by atoms with E-state index in [0.29, 0.717) is 12.1 Å². The number of aryl methyl sites for hydroxylation is 1. The van der Waals surface area contributed by atoms with Crippen molar-refractivity contribution < 1.29 is 13.2 Å². The van der Waals surface area contributed by atoms with Crippen LogP contribution in [0.1, 0.15) is 35.3 Å². The van der Waals surface area contributed by atoms with Gasteiger partial charge in [-0.25, -0.2) is 13.1 Å². The summed E-state index contributed by atoms with van der Waals surface area (Å²) >= 11 is 0. The van der Waals surface area contributed by atoms with Gasteiger partial charge >= 0.3 is 0 Å². The molecule has 1 unspecified atom stereocenters. The summed E-state index contributed by atoms with van der Waals surface area (Å²) in [6, 6.07) is 12.6. The van der Waals surface area contributed by atoms with Gasteiger partial charge in [-0.3, -0.25) is 4.79 Å². The van der Waals surface area contributed by atoms with Crippen LogP contribution in [0.25, 0.3) is 0 Å². The Bertz CT molecular complexity index is 922. The average molecular weight is 358 g/mol. The molecule has 6 heteroatoms. The van der Waals surface area contributed by atoms with Gasteiger partial charge in [0.15, 0.2) is 0 Å². The van der Waals surface area contributed by atoms with Gasteiger partial charge in [-0.05, 0) is 49.6 Å². The maximum atomic E-state index is 13.2. The number of carbonyl (C=O) groups excluding carboxylic acids is 1. The summed E-state index contributed by atoms with van der Waals surface area (Å²) in [6.07, 6.45) is 0.802. The topological polar surface area (TPSA) is 66.5 Å². The van der Waals surface area contributed by atoms with Crippen molar-refractivity contribution in [1.29, 1.82) is 0 Å². The van der Waals surface area contributed by atoms with Crippen molar-refractivity contribution in [1.82, 2.24) is 4.72 Å². The van der Waals surface area contributed by atoms with Crippen LogP contribution in [0.5, 0.6) is 0 Å². The predicted octanol–water partition coefficient (Wildman–Crippen LogP) is 2.88. The fraction of sp³-hybridized carbons (Fsp3) is 0.316. The van der Waals surface area contributed by atoms with E-state index in [1.54, 1.807) is 17.9 Å². The minimum absolute atomic E-state index is 0.0401. The van der Waals surface area contributed by atoms with E-state index in [1.807, 2.05) is 38.1 Å². The molecule has 25 heavy (non-hydrogen) atoms. The lowest BCUT2D eigenvalue weighted by molar-refractivity contribution is 0.0980. The largest absolute Gasteiger partial charge is 0.305 e. The molecule has 1 atom stereocenters. The third kappa shape index (κ3) is 3.19. The minimum atomic E-state index is -3.60. The molecule has 0 bridgehead atoms. The van der Waals surface area contributed by atoms with Gasteiger partial charge in [-0.2, -0.15) is 0 Å². The number of amides is 1. The maximum absolute atomic E-state index is 13.2. The van der Waals surface area contributed by atoms with Crippen LogP contribution in [0.2, 0.25) is 0 Å². The average Bonchev–Trinajstić information content (AvgIpc) is 2.90. The number of anilines is 1. The zero-order valence-electron chi connectivity index (χ0n) is 14.6. The van der Waals surface area contributed by atoms with Gasteiger partial charge in [0, 0.05) is 23.8 Å². The summed E-state index contributed by atoms with van der Waals surface area (Å²) in [5.41, 5.74) is 3.22. The fourth-order valence-electron chi connectivity index (χ4n) is 3.28. The van der Waals surface area contributed by atoms with Crippen LogP contribution in [0.4, 0.5) is 5.69 Å². The highest BCUT2D eigenvalue weighted by atomic mass is 32.2. The number of benzene rings is 2. The van der Waals surface area contributed by atoms with Crippen molar-refractivity contribution in [3.8, 4) is 0 Å². The third-order valence-corrected chi connectivity index (χ3v) is 6.05. The first kappa shape index (κ1) is 17.6. The first-order chi connectivity index (χ1) is 11.8. The molecule has 1 aliphatic rings. The van der Waals surface area contributed by atoms with Gasteiger partial charge < -0.3 is 4.90 Å². The van der Waals surface area contributed by atoms with E-state index in [0.717, 1.165) is 23.2 Å². The van der Waals surface area contributed by atoms with E-state index in [1.165, 1.54) is 12.1 Å². The Kier molecular flexibility index (Phi) is 4.67. The normalized spacial score (nSPS) is 16.8. The van der Waals surface area contributed by atoms with E-state index >= 15 is 0 Å². The molecule has 0 fully saturated rings. The van der Waals surface area contributed by atoms with Gasteiger partial charge in [0.2, 0.25) is 10.0 Å². The standard InChI is InChI=1S/C19H22N2O3S/c1-4-20-25(23,24)16-10-9-13(2)17(12-16)19(22)21-14(3)11-15-7-5-6-8-18(15)21/h5-10,12,14,20H,4,11H2,1-3H3. The number of hydrogen-bond acceptors (Lipinski definition) is 3. The van der Waals surface area contributed by atoms with Gasteiger partial charge in [0.25, 0.3) is 5.91 Å². The second kappa shape index (κ2) is 6.61. The monoisotopic (exact) mass is 358 g/mol. The van der Waals surface area contributed by atoms with Crippen LogP contribution < -0.4 is 9.62 Å². The molecule has 0 aliphatic carbocycles. The van der Waals surface area contributed by atoms with Crippen molar-refractivity contribution in [3.05, 3.63) is 59.2 Å². The minimum Gasteiger partial charge on any atom is -0.305 e. The first-order valence-electron chi connectivity index (χ1n) is 8.37. The van der Waals surface area contributed by atoms with Crippen LogP contribution in [0, 0.1) is 6.92 Å². The maximum Gasteiger partial charge on any atom is 0.258 e. The van der Waals surface area contributed by atoms with E-state index in [2.05, 4.69) is 4.72 Å². The molecule has 0 saturated heterocycles. The zero-order valence-corrected chi connectivity index (χ0v) is 15.4. The zero-order chi connectivity index (χ0) is 18.2. The molecule has 132 valence electrons. The molecule has 0 aromatic heterocycles. The first-order valence-corrected chi connectivity index (χ1v) is 9.85. The van der Waals surface area contributed by atoms with Gasteiger partial charge in [-0.1, -0.05) is 31.2 Å². The van der Waals surface area contributed by atoms with Crippen molar-refractivity contribution in [2.45, 2.75) is 38.1 Å².